The van der Waals surface area contributed by atoms with Crippen molar-refractivity contribution in [3.63, 3.8) is 0 Å². The molecule has 0 aliphatic rings. The van der Waals surface area contributed by atoms with Crippen LogP contribution in [0.15, 0.2) is 91.0 Å². The first-order chi connectivity index (χ1) is 14.2. The van der Waals surface area contributed by atoms with Crippen molar-refractivity contribution in [3.8, 4) is 0 Å². The van der Waals surface area contributed by atoms with Crippen LogP contribution in [0.4, 0.5) is 0 Å². The van der Waals surface area contributed by atoms with Gasteiger partial charge in [0.25, 0.3) is 0 Å². The van der Waals surface area contributed by atoms with Gasteiger partial charge in [0.1, 0.15) is 0 Å². The van der Waals surface area contributed by atoms with Crippen LogP contribution in [0.25, 0.3) is 0 Å². The molecule has 0 radical (unpaired) electrons. The van der Waals surface area contributed by atoms with Crippen molar-refractivity contribution in [3.05, 3.63) is 91.0 Å². The first-order valence-electron chi connectivity index (χ1n) is 11.1. The molecule has 0 heterocycles. The summed E-state index contributed by atoms with van der Waals surface area (Å²) in [5.41, 5.74) is 0. The molecule has 0 saturated heterocycles. The SMILES string of the molecule is CCCCCCCCCP(Cl)(c1ccccc1)(c1ccccc1)c1ccccc1. The maximum atomic E-state index is 8.07. The fraction of sp³-hybridized carbons (Fsp3) is 0.333. The van der Waals surface area contributed by atoms with Crippen molar-refractivity contribution in [2.24, 2.45) is 0 Å². The van der Waals surface area contributed by atoms with E-state index in [4.69, 9.17) is 11.2 Å². The van der Waals surface area contributed by atoms with Gasteiger partial charge in [-0.2, -0.15) is 0 Å². The molecule has 0 saturated carbocycles. The van der Waals surface area contributed by atoms with Crippen LogP contribution in [-0.4, -0.2) is 6.16 Å². The molecule has 0 aliphatic heterocycles. The van der Waals surface area contributed by atoms with Gasteiger partial charge in [-0.1, -0.05) is 0 Å². The monoisotopic (exact) mass is 424 g/mol. The van der Waals surface area contributed by atoms with E-state index in [0.29, 0.717) is 0 Å². The average Bonchev–Trinajstić information content (AvgIpc) is 2.80. The van der Waals surface area contributed by atoms with E-state index in [0.717, 1.165) is 12.6 Å². The molecule has 3 rings (SSSR count). The number of hydrogen-bond acceptors (Lipinski definition) is 0. The zero-order chi connectivity index (χ0) is 20.4. The summed E-state index contributed by atoms with van der Waals surface area (Å²) in [5.74, 6) is -3.04. The molecule has 0 spiro atoms. The second-order valence-corrected chi connectivity index (χ2v) is 14.6. The summed E-state index contributed by atoms with van der Waals surface area (Å²) in [5, 5.41) is 3.84. The molecular formula is C27H34ClP. The Morgan fingerprint density at radius 2 is 0.862 bits per heavy atom. The predicted molar refractivity (Wildman–Crippen MR) is 134 cm³/mol. The van der Waals surface area contributed by atoms with Crippen LogP contribution in [0.1, 0.15) is 51.9 Å². The minimum atomic E-state index is -3.04. The number of halogens is 1. The molecule has 3 aromatic carbocycles. The first kappa shape index (κ1) is 22.1. The molecule has 0 fully saturated rings. The zero-order valence-corrected chi connectivity index (χ0v) is 19.3. The number of hydrogen-bond donors (Lipinski definition) is 0. The van der Waals surface area contributed by atoms with E-state index in [1.54, 1.807) is 0 Å². The van der Waals surface area contributed by atoms with Crippen molar-refractivity contribution < 1.29 is 0 Å². The molecular weight excluding hydrogens is 391 g/mol. The van der Waals surface area contributed by atoms with Crippen molar-refractivity contribution in [2.75, 3.05) is 6.16 Å². The molecule has 3 aromatic rings. The summed E-state index contributed by atoms with van der Waals surface area (Å²) < 4.78 is 0. The topological polar surface area (TPSA) is 0 Å². The van der Waals surface area contributed by atoms with E-state index < -0.39 is 5.96 Å². The van der Waals surface area contributed by atoms with Crippen molar-refractivity contribution in [1.82, 2.24) is 0 Å². The van der Waals surface area contributed by atoms with Crippen LogP contribution in [0.2, 0.25) is 0 Å². The quantitative estimate of drug-likeness (QED) is 0.222. The van der Waals surface area contributed by atoms with E-state index in [9.17, 15) is 0 Å². The molecule has 0 unspecified atom stereocenters. The Balaban J connectivity index is 2.00. The zero-order valence-electron chi connectivity index (χ0n) is 17.6. The second-order valence-electron chi connectivity index (χ2n) is 8.03. The summed E-state index contributed by atoms with van der Waals surface area (Å²) in [6.07, 6.45) is 10.1. The summed E-state index contributed by atoms with van der Waals surface area (Å²) in [7, 11) is 0. The Morgan fingerprint density at radius 1 is 0.517 bits per heavy atom. The summed E-state index contributed by atoms with van der Waals surface area (Å²) in [4.78, 5) is 0. The van der Waals surface area contributed by atoms with Gasteiger partial charge in [0, 0.05) is 0 Å². The fourth-order valence-electron chi connectivity index (χ4n) is 4.42. The molecule has 0 atom stereocenters. The Morgan fingerprint density at radius 3 is 1.24 bits per heavy atom. The van der Waals surface area contributed by atoms with E-state index >= 15 is 0 Å². The van der Waals surface area contributed by atoms with Gasteiger partial charge >= 0.3 is 182 Å². The van der Waals surface area contributed by atoms with E-state index in [1.165, 1.54) is 54.4 Å². The standard InChI is InChI=1S/C27H34ClP/c1-2-3-4-5-6-7-17-24-29(28,25-18-11-8-12-19-25,26-20-13-9-14-21-26)27-22-15-10-16-23-27/h8-16,18-23H,2-7,17,24H2,1H3. The van der Waals surface area contributed by atoms with Crippen LogP contribution >= 0.6 is 17.2 Å². The Hall–Kier alpha value is -1.62. The van der Waals surface area contributed by atoms with Crippen LogP contribution in [0.3, 0.4) is 0 Å². The van der Waals surface area contributed by atoms with Gasteiger partial charge < -0.3 is 0 Å². The predicted octanol–water partition coefficient (Wildman–Crippen LogP) is 7.42. The third-order valence-electron chi connectivity index (χ3n) is 6.07. The van der Waals surface area contributed by atoms with E-state index in [-0.39, 0.29) is 0 Å². The third-order valence-corrected chi connectivity index (χ3v) is 13.6. The van der Waals surface area contributed by atoms with Gasteiger partial charge in [-0.15, -0.1) is 0 Å². The van der Waals surface area contributed by atoms with Gasteiger partial charge in [0.2, 0.25) is 0 Å². The molecule has 0 nitrogen and oxygen atoms in total. The van der Waals surface area contributed by atoms with Crippen molar-refractivity contribution in [2.45, 2.75) is 51.9 Å². The molecule has 29 heavy (non-hydrogen) atoms. The Kier molecular flexibility index (Phi) is 7.93. The molecule has 0 bridgehead atoms. The van der Waals surface area contributed by atoms with Crippen molar-refractivity contribution >= 4 is 33.1 Å². The van der Waals surface area contributed by atoms with Crippen LogP contribution in [0.5, 0.6) is 0 Å². The second kappa shape index (κ2) is 10.4. The molecule has 0 aliphatic carbocycles. The van der Waals surface area contributed by atoms with Crippen LogP contribution in [0, 0.1) is 0 Å². The number of unbranched alkanes of at least 4 members (excludes halogenated alkanes) is 6. The summed E-state index contributed by atoms with van der Waals surface area (Å²) in [6, 6.07) is 32.5. The number of rotatable bonds is 11. The first-order valence-corrected chi connectivity index (χ1v) is 14.4. The van der Waals surface area contributed by atoms with Crippen molar-refractivity contribution in [1.29, 1.82) is 0 Å². The van der Waals surface area contributed by atoms with Gasteiger partial charge in [0.05, 0.1) is 0 Å². The molecule has 0 amide bonds. The maximum absolute atomic E-state index is 8.07. The average molecular weight is 425 g/mol. The van der Waals surface area contributed by atoms with Gasteiger partial charge in [-0.3, -0.25) is 0 Å². The van der Waals surface area contributed by atoms with Crippen LogP contribution < -0.4 is 15.9 Å². The molecule has 0 N–H and O–H groups in total. The van der Waals surface area contributed by atoms with Gasteiger partial charge in [-0.25, -0.2) is 0 Å². The summed E-state index contributed by atoms with van der Waals surface area (Å²) >= 11 is 8.07. The molecule has 154 valence electrons. The normalized spacial score (nSPS) is 13.0. The fourth-order valence-corrected chi connectivity index (χ4v) is 10.7. The Bertz CT molecular complexity index is 746. The minimum absolute atomic E-state index is 1.01. The molecule has 0 aromatic heterocycles. The van der Waals surface area contributed by atoms with E-state index in [1.807, 2.05) is 0 Å². The molecule has 2 heteroatoms. The van der Waals surface area contributed by atoms with Crippen LogP contribution in [-0.2, 0) is 0 Å². The Labute approximate surface area is 182 Å². The summed E-state index contributed by atoms with van der Waals surface area (Å²) in [6.45, 7) is 2.27. The van der Waals surface area contributed by atoms with E-state index in [2.05, 4.69) is 97.9 Å². The van der Waals surface area contributed by atoms with Gasteiger partial charge in [-0.05, 0) is 0 Å². The number of benzene rings is 3. The third kappa shape index (κ3) is 4.76. The van der Waals surface area contributed by atoms with Gasteiger partial charge in [0.15, 0.2) is 0 Å².